The summed E-state index contributed by atoms with van der Waals surface area (Å²) < 4.78 is 13.6. The number of hydrogen-bond acceptors (Lipinski definition) is 1. The molecule has 1 N–H and O–H groups in total. The lowest BCUT2D eigenvalue weighted by Gasteiger charge is -2.39. The Morgan fingerprint density at radius 1 is 1.15 bits per heavy atom. The fraction of sp³-hybridized carbons (Fsp3) is 0.444. The second-order valence-corrected chi connectivity index (χ2v) is 5.81. The number of halogens is 1. The van der Waals surface area contributed by atoms with Gasteiger partial charge in [0.15, 0.2) is 0 Å². The fourth-order valence-electron chi connectivity index (χ4n) is 3.26. The Hall–Kier alpha value is -1.57. The van der Waals surface area contributed by atoms with E-state index in [2.05, 4.69) is 6.92 Å². The van der Waals surface area contributed by atoms with Gasteiger partial charge < -0.3 is 5.11 Å². The van der Waals surface area contributed by atoms with Gasteiger partial charge in [0, 0.05) is 5.41 Å². The molecule has 2 rings (SSSR count). The molecule has 0 aliphatic heterocycles. The summed E-state index contributed by atoms with van der Waals surface area (Å²) in [6.45, 7) is 3.76. The molecule has 0 heterocycles. The van der Waals surface area contributed by atoms with E-state index in [4.69, 9.17) is 0 Å². The van der Waals surface area contributed by atoms with E-state index in [0.717, 1.165) is 18.4 Å². The molecular weight excluding hydrogens is 251 g/mol. The van der Waals surface area contributed by atoms with E-state index >= 15 is 0 Å². The van der Waals surface area contributed by atoms with Gasteiger partial charge in [0.25, 0.3) is 0 Å². The molecule has 2 heteroatoms. The average Bonchev–Trinajstić information content (AvgIpc) is 2.45. The van der Waals surface area contributed by atoms with Crippen molar-refractivity contribution in [2.75, 3.05) is 0 Å². The highest BCUT2D eigenvalue weighted by Crippen LogP contribution is 2.45. The van der Waals surface area contributed by atoms with E-state index in [-0.39, 0.29) is 11.2 Å². The zero-order valence-corrected chi connectivity index (χ0v) is 12.3. The lowest BCUT2D eigenvalue weighted by molar-refractivity contribution is 0.338. The van der Waals surface area contributed by atoms with Crippen LogP contribution >= 0.6 is 0 Å². The highest BCUT2D eigenvalue weighted by molar-refractivity contribution is 5.38. The molecule has 1 aromatic rings. The summed E-state index contributed by atoms with van der Waals surface area (Å²) in [5.74, 6) is 0.128. The van der Waals surface area contributed by atoms with Crippen molar-refractivity contribution in [3.05, 3.63) is 59.1 Å². The Bertz CT molecular complexity index is 518. The minimum atomic E-state index is -0.172. The van der Waals surface area contributed by atoms with Crippen molar-refractivity contribution in [2.24, 2.45) is 0 Å². The van der Waals surface area contributed by atoms with Gasteiger partial charge in [-0.1, -0.05) is 43.0 Å². The molecule has 0 aromatic heterocycles. The van der Waals surface area contributed by atoms with Crippen LogP contribution in [0.3, 0.4) is 0 Å². The first-order chi connectivity index (χ1) is 9.54. The molecule has 1 aliphatic carbocycles. The summed E-state index contributed by atoms with van der Waals surface area (Å²) in [6.07, 6.45) is 9.40. The Morgan fingerprint density at radius 3 is 2.45 bits per heavy atom. The largest absolute Gasteiger partial charge is 0.513 e. The van der Waals surface area contributed by atoms with Crippen LogP contribution in [0.15, 0.2) is 47.7 Å². The molecule has 0 radical (unpaired) electrons. The van der Waals surface area contributed by atoms with Crippen LogP contribution in [0.4, 0.5) is 4.39 Å². The van der Waals surface area contributed by atoms with Gasteiger partial charge in [-0.05, 0) is 50.5 Å². The molecule has 1 fully saturated rings. The molecule has 108 valence electrons. The van der Waals surface area contributed by atoms with Gasteiger partial charge in [-0.3, -0.25) is 0 Å². The first-order valence-corrected chi connectivity index (χ1v) is 7.35. The molecule has 0 unspecified atom stereocenters. The Kier molecular flexibility index (Phi) is 4.64. The normalized spacial score (nSPS) is 19.9. The molecule has 20 heavy (non-hydrogen) atoms. The lowest BCUT2D eigenvalue weighted by atomic mass is 9.65. The second kappa shape index (κ2) is 6.25. The number of aliphatic hydroxyl groups is 1. The Balaban J connectivity index is 2.45. The fourth-order valence-corrected chi connectivity index (χ4v) is 3.26. The van der Waals surface area contributed by atoms with Crippen molar-refractivity contribution >= 4 is 0 Å². The molecule has 0 saturated heterocycles. The van der Waals surface area contributed by atoms with Crippen LogP contribution in [-0.4, -0.2) is 5.11 Å². The molecule has 0 atom stereocenters. The molecule has 1 aliphatic rings. The summed E-state index contributed by atoms with van der Waals surface area (Å²) in [7, 11) is 0. The molecule has 1 aromatic carbocycles. The van der Waals surface area contributed by atoms with Crippen LogP contribution in [-0.2, 0) is 5.41 Å². The van der Waals surface area contributed by atoms with Gasteiger partial charge in [0.2, 0.25) is 0 Å². The van der Waals surface area contributed by atoms with Crippen molar-refractivity contribution in [3.8, 4) is 0 Å². The topological polar surface area (TPSA) is 20.2 Å². The number of aliphatic hydroxyl groups excluding tert-OH is 1. The number of benzene rings is 1. The predicted octanol–water partition coefficient (Wildman–Crippen LogP) is 5.44. The maximum absolute atomic E-state index is 13.6. The van der Waals surface area contributed by atoms with Crippen molar-refractivity contribution < 1.29 is 9.50 Å². The van der Waals surface area contributed by atoms with Crippen LogP contribution < -0.4 is 0 Å². The zero-order valence-electron chi connectivity index (χ0n) is 12.3. The average molecular weight is 274 g/mol. The van der Waals surface area contributed by atoms with Gasteiger partial charge in [0.05, 0.1) is 5.76 Å². The van der Waals surface area contributed by atoms with Crippen LogP contribution in [0.25, 0.3) is 0 Å². The summed E-state index contributed by atoms with van der Waals surface area (Å²) in [6, 6.07) is 6.98. The maximum atomic E-state index is 13.6. The smallest absolute Gasteiger partial charge is 0.123 e. The van der Waals surface area contributed by atoms with Crippen LogP contribution in [0, 0.1) is 5.82 Å². The first kappa shape index (κ1) is 14.8. The van der Waals surface area contributed by atoms with Crippen molar-refractivity contribution in [3.63, 3.8) is 0 Å². The quantitative estimate of drug-likeness (QED) is 0.575. The summed E-state index contributed by atoms with van der Waals surface area (Å²) in [4.78, 5) is 0. The van der Waals surface area contributed by atoms with Crippen LogP contribution in [0.1, 0.15) is 51.5 Å². The summed E-state index contributed by atoms with van der Waals surface area (Å²) >= 11 is 0. The molecule has 0 bridgehead atoms. The molecule has 0 spiro atoms. The Labute approximate surface area is 120 Å². The minimum Gasteiger partial charge on any atom is -0.513 e. The van der Waals surface area contributed by atoms with Gasteiger partial charge in [-0.2, -0.15) is 0 Å². The van der Waals surface area contributed by atoms with E-state index in [9.17, 15) is 9.50 Å². The highest BCUT2D eigenvalue weighted by atomic mass is 19.1. The number of allylic oxidation sites excluding steroid dienone is 4. The molecular formula is C18H23FO. The third kappa shape index (κ3) is 3.12. The van der Waals surface area contributed by atoms with Gasteiger partial charge in [-0.25, -0.2) is 4.39 Å². The van der Waals surface area contributed by atoms with Crippen LogP contribution in [0.5, 0.6) is 0 Å². The lowest BCUT2D eigenvalue weighted by Crippen LogP contribution is -2.30. The van der Waals surface area contributed by atoms with E-state index in [1.807, 2.05) is 12.1 Å². The maximum Gasteiger partial charge on any atom is 0.123 e. The molecule has 1 saturated carbocycles. The van der Waals surface area contributed by atoms with E-state index in [0.29, 0.717) is 5.76 Å². The van der Waals surface area contributed by atoms with Gasteiger partial charge >= 0.3 is 0 Å². The second-order valence-electron chi connectivity index (χ2n) is 5.81. The number of rotatable bonds is 3. The highest BCUT2D eigenvalue weighted by Gasteiger charge is 2.35. The summed E-state index contributed by atoms with van der Waals surface area (Å²) in [5.41, 5.74) is 2.19. The van der Waals surface area contributed by atoms with E-state index < -0.39 is 0 Å². The number of hydrogen-bond donors (Lipinski definition) is 1. The monoisotopic (exact) mass is 274 g/mol. The Morgan fingerprint density at radius 2 is 1.85 bits per heavy atom. The van der Waals surface area contributed by atoms with Crippen LogP contribution in [0.2, 0.25) is 0 Å². The standard InChI is InChI=1S/C18H23FO/c1-14(9-10-15(2)20)18(11-4-3-5-12-18)16-7-6-8-17(19)13-16/h6-10,13,20H,3-5,11-12H2,1-2H3/b14-9+,15-10+. The van der Waals surface area contributed by atoms with Gasteiger partial charge in [0.1, 0.15) is 5.82 Å². The third-order valence-electron chi connectivity index (χ3n) is 4.41. The van der Waals surface area contributed by atoms with E-state index in [1.165, 1.54) is 30.9 Å². The minimum absolute atomic E-state index is 0.0771. The SMILES string of the molecule is C/C(O)=C\C=C(/C)C1(c2cccc(F)c2)CCCCC1. The predicted molar refractivity (Wildman–Crippen MR) is 81.3 cm³/mol. The van der Waals surface area contributed by atoms with E-state index in [1.54, 1.807) is 25.1 Å². The molecule has 1 nitrogen and oxygen atoms in total. The zero-order chi connectivity index (χ0) is 14.6. The molecule has 0 amide bonds. The first-order valence-electron chi connectivity index (χ1n) is 7.35. The third-order valence-corrected chi connectivity index (χ3v) is 4.41. The van der Waals surface area contributed by atoms with Crippen molar-refractivity contribution in [1.29, 1.82) is 0 Å². The van der Waals surface area contributed by atoms with Crippen molar-refractivity contribution in [2.45, 2.75) is 51.4 Å². The van der Waals surface area contributed by atoms with Crippen molar-refractivity contribution in [1.82, 2.24) is 0 Å². The van der Waals surface area contributed by atoms with Gasteiger partial charge in [-0.15, -0.1) is 0 Å². The summed E-state index contributed by atoms with van der Waals surface area (Å²) in [5, 5.41) is 9.35.